The molecule has 4 rings (SSSR count). The SMILES string of the molecule is CN1CCN(C2Cc3ccccc3Sc3ccc([N+](=O)[O-])cc32)CC1. The zero-order valence-electron chi connectivity index (χ0n) is 14.2. The van der Waals surface area contributed by atoms with Crippen LogP contribution in [0, 0.1) is 10.1 Å². The number of nitro benzene ring substituents is 1. The van der Waals surface area contributed by atoms with Crippen LogP contribution in [0.15, 0.2) is 52.3 Å². The van der Waals surface area contributed by atoms with E-state index in [9.17, 15) is 10.1 Å². The molecule has 1 saturated heterocycles. The van der Waals surface area contributed by atoms with Crippen LogP contribution in [0.1, 0.15) is 17.2 Å². The number of benzene rings is 2. The van der Waals surface area contributed by atoms with Crippen LogP contribution in [-0.2, 0) is 6.42 Å². The number of nitrogens with zero attached hydrogens (tertiary/aromatic N) is 3. The first-order chi connectivity index (χ1) is 12.1. The van der Waals surface area contributed by atoms with Crippen molar-refractivity contribution in [2.24, 2.45) is 0 Å². The van der Waals surface area contributed by atoms with Crippen LogP contribution in [-0.4, -0.2) is 47.9 Å². The van der Waals surface area contributed by atoms with E-state index >= 15 is 0 Å². The molecule has 25 heavy (non-hydrogen) atoms. The predicted molar refractivity (Wildman–Crippen MR) is 99.2 cm³/mol. The summed E-state index contributed by atoms with van der Waals surface area (Å²) in [5.41, 5.74) is 2.61. The fraction of sp³-hybridized carbons (Fsp3) is 0.368. The molecule has 0 amide bonds. The molecule has 0 N–H and O–H groups in total. The van der Waals surface area contributed by atoms with Crippen LogP contribution in [0.25, 0.3) is 0 Å². The van der Waals surface area contributed by atoms with Gasteiger partial charge in [-0.25, -0.2) is 0 Å². The second kappa shape index (κ2) is 6.78. The molecule has 2 heterocycles. The Kier molecular flexibility index (Phi) is 4.50. The average Bonchev–Trinajstić information content (AvgIpc) is 2.78. The third-order valence-corrected chi connectivity index (χ3v) is 6.36. The molecule has 0 aromatic heterocycles. The number of likely N-dealkylation sites (N-methyl/N-ethyl adjacent to an activating group) is 1. The van der Waals surface area contributed by atoms with Crippen molar-refractivity contribution in [2.75, 3.05) is 33.2 Å². The van der Waals surface area contributed by atoms with Gasteiger partial charge in [-0.2, -0.15) is 0 Å². The maximum absolute atomic E-state index is 11.3. The summed E-state index contributed by atoms with van der Waals surface area (Å²) in [7, 11) is 2.15. The third-order valence-electron chi connectivity index (χ3n) is 5.15. The fourth-order valence-corrected chi connectivity index (χ4v) is 4.79. The van der Waals surface area contributed by atoms with Gasteiger partial charge in [-0.15, -0.1) is 0 Å². The van der Waals surface area contributed by atoms with Gasteiger partial charge in [-0.05, 0) is 36.7 Å². The Labute approximate surface area is 151 Å². The summed E-state index contributed by atoms with van der Waals surface area (Å²) in [5, 5.41) is 11.3. The number of nitro groups is 1. The van der Waals surface area contributed by atoms with Gasteiger partial charge in [0.25, 0.3) is 5.69 Å². The first kappa shape index (κ1) is 16.6. The van der Waals surface area contributed by atoms with Crippen molar-refractivity contribution in [2.45, 2.75) is 22.3 Å². The van der Waals surface area contributed by atoms with E-state index in [1.807, 2.05) is 6.07 Å². The lowest BCUT2D eigenvalue weighted by atomic mass is 9.96. The minimum atomic E-state index is -0.288. The molecule has 1 fully saturated rings. The van der Waals surface area contributed by atoms with Gasteiger partial charge in [0.2, 0.25) is 0 Å². The monoisotopic (exact) mass is 355 g/mol. The lowest BCUT2D eigenvalue weighted by Crippen LogP contribution is -2.46. The van der Waals surface area contributed by atoms with Gasteiger partial charge in [0, 0.05) is 54.1 Å². The number of fused-ring (bicyclic) bond motifs is 2. The molecule has 2 aromatic carbocycles. The minimum absolute atomic E-state index is 0.185. The maximum atomic E-state index is 11.3. The Hall–Kier alpha value is -1.89. The topological polar surface area (TPSA) is 49.6 Å². The quantitative estimate of drug-likeness (QED) is 0.609. The lowest BCUT2D eigenvalue weighted by Gasteiger charge is -2.38. The van der Waals surface area contributed by atoms with Crippen molar-refractivity contribution >= 4 is 17.4 Å². The molecular formula is C19H21N3O2S. The predicted octanol–water partition coefficient (Wildman–Crippen LogP) is 3.59. The van der Waals surface area contributed by atoms with Gasteiger partial charge < -0.3 is 4.90 Å². The average molecular weight is 355 g/mol. The second-order valence-corrected chi connectivity index (χ2v) is 7.83. The number of piperazine rings is 1. The third kappa shape index (κ3) is 3.29. The highest BCUT2D eigenvalue weighted by Gasteiger charge is 2.30. The Morgan fingerprint density at radius 3 is 2.60 bits per heavy atom. The van der Waals surface area contributed by atoms with Crippen LogP contribution in [0.4, 0.5) is 5.69 Å². The van der Waals surface area contributed by atoms with Crippen LogP contribution in [0.3, 0.4) is 0 Å². The van der Waals surface area contributed by atoms with Gasteiger partial charge in [0.1, 0.15) is 0 Å². The van der Waals surface area contributed by atoms with Crippen molar-refractivity contribution in [1.29, 1.82) is 0 Å². The number of rotatable bonds is 2. The Morgan fingerprint density at radius 1 is 1.08 bits per heavy atom. The highest BCUT2D eigenvalue weighted by Crippen LogP contribution is 2.44. The zero-order valence-corrected chi connectivity index (χ0v) is 15.0. The van der Waals surface area contributed by atoms with Crippen molar-refractivity contribution in [3.05, 3.63) is 63.7 Å². The van der Waals surface area contributed by atoms with Crippen LogP contribution in [0.5, 0.6) is 0 Å². The summed E-state index contributed by atoms with van der Waals surface area (Å²) >= 11 is 1.73. The molecule has 0 spiro atoms. The van der Waals surface area contributed by atoms with E-state index < -0.39 is 0 Å². The summed E-state index contributed by atoms with van der Waals surface area (Å²) in [5.74, 6) is 0. The first-order valence-electron chi connectivity index (χ1n) is 8.58. The molecule has 5 nitrogen and oxygen atoms in total. The Morgan fingerprint density at radius 2 is 1.84 bits per heavy atom. The smallest absolute Gasteiger partial charge is 0.269 e. The van der Waals surface area contributed by atoms with E-state index in [2.05, 4.69) is 41.1 Å². The summed E-state index contributed by atoms with van der Waals surface area (Å²) in [6.45, 7) is 4.07. The standard InChI is InChI=1S/C19H21N3O2S/c1-20-8-10-21(11-9-20)17-12-14-4-2-3-5-18(14)25-19-7-6-15(22(23)24)13-16(17)19/h2-7,13,17H,8-12H2,1H3. The van der Waals surface area contributed by atoms with Gasteiger partial charge in [-0.3, -0.25) is 15.0 Å². The van der Waals surface area contributed by atoms with Gasteiger partial charge >= 0.3 is 0 Å². The summed E-state index contributed by atoms with van der Waals surface area (Å²) < 4.78 is 0. The van der Waals surface area contributed by atoms with Crippen molar-refractivity contribution < 1.29 is 4.92 Å². The molecular weight excluding hydrogens is 334 g/mol. The van der Waals surface area contributed by atoms with E-state index in [0.717, 1.165) is 43.1 Å². The molecule has 1 atom stereocenters. The zero-order chi connectivity index (χ0) is 17.4. The molecule has 0 aliphatic carbocycles. The van der Waals surface area contributed by atoms with Gasteiger partial charge in [0.15, 0.2) is 0 Å². The van der Waals surface area contributed by atoms with E-state index in [4.69, 9.17) is 0 Å². The van der Waals surface area contributed by atoms with E-state index in [1.54, 1.807) is 23.9 Å². The van der Waals surface area contributed by atoms with E-state index in [1.165, 1.54) is 10.5 Å². The van der Waals surface area contributed by atoms with Gasteiger partial charge in [0.05, 0.1) is 4.92 Å². The number of non-ortho nitro benzene ring substituents is 1. The molecule has 0 bridgehead atoms. The van der Waals surface area contributed by atoms with Crippen molar-refractivity contribution in [3.8, 4) is 0 Å². The maximum Gasteiger partial charge on any atom is 0.269 e. The highest BCUT2D eigenvalue weighted by molar-refractivity contribution is 7.99. The molecule has 0 saturated carbocycles. The molecule has 6 heteroatoms. The van der Waals surface area contributed by atoms with E-state index in [0.29, 0.717) is 0 Å². The fourth-order valence-electron chi connectivity index (χ4n) is 3.67. The van der Waals surface area contributed by atoms with Crippen LogP contribution >= 0.6 is 11.8 Å². The molecule has 2 aliphatic rings. The second-order valence-electron chi connectivity index (χ2n) is 6.75. The molecule has 2 aliphatic heterocycles. The molecule has 0 radical (unpaired) electrons. The summed E-state index contributed by atoms with van der Waals surface area (Å²) in [4.78, 5) is 18.2. The Bertz CT molecular complexity index is 803. The highest BCUT2D eigenvalue weighted by atomic mass is 32.2. The molecule has 1 unspecified atom stereocenters. The van der Waals surface area contributed by atoms with Crippen molar-refractivity contribution in [3.63, 3.8) is 0 Å². The number of hydrogen-bond acceptors (Lipinski definition) is 5. The minimum Gasteiger partial charge on any atom is -0.304 e. The van der Waals surface area contributed by atoms with Crippen molar-refractivity contribution in [1.82, 2.24) is 9.80 Å². The number of hydrogen-bond donors (Lipinski definition) is 0. The van der Waals surface area contributed by atoms with Crippen LogP contribution < -0.4 is 0 Å². The molecule has 130 valence electrons. The van der Waals surface area contributed by atoms with Gasteiger partial charge in [-0.1, -0.05) is 30.0 Å². The Balaban J connectivity index is 1.78. The lowest BCUT2D eigenvalue weighted by molar-refractivity contribution is -0.385. The summed E-state index contributed by atoms with van der Waals surface area (Å²) in [6.07, 6.45) is 0.904. The van der Waals surface area contributed by atoms with E-state index in [-0.39, 0.29) is 16.7 Å². The molecule has 2 aromatic rings. The summed E-state index contributed by atoms with van der Waals surface area (Å²) in [6, 6.07) is 14.0. The van der Waals surface area contributed by atoms with Crippen LogP contribution in [0.2, 0.25) is 0 Å². The first-order valence-corrected chi connectivity index (χ1v) is 9.40. The normalized spacial score (nSPS) is 21.2. The largest absolute Gasteiger partial charge is 0.304 e.